The maximum atomic E-state index is 5.96. The van der Waals surface area contributed by atoms with Crippen molar-refractivity contribution in [3.05, 3.63) is 72.0 Å². The zero-order valence-corrected chi connectivity index (χ0v) is 17.8. The third-order valence-corrected chi connectivity index (χ3v) is 4.91. The lowest BCUT2D eigenvalue weighted by Crippen LogP contribution is -2.22. The van der Waals surface area contributed by atoms with Gasteiger partial charge in [-0.2, -0.15) is 0 Å². The van der Waals surface area contributed by atoms with Gasteiger partial charge in [-0.1, -0.05) is 24.3 Å². The van der Waals surface area contributed by atoms with Crippen molar-refractivity contribution in [2.75, 3.05) is 5.32 Å². The molecular weight excluding hydrogens is 471 g/mol. The molecule has 0 aliphatic carbocycles. The molecule has 2 heterocycles. The number of benzene rings is 2. The zero-order chi connectivity index (χ0) is 17.9. The molecule has 3 N–H and O–H groups in total. The SMILES string of the molecule is Cc1cccc(NC(N)=NCc2ccc(-c3nc4ccccc4s3)o2)c1.I. The third kappa shape index (κ3) is 4.67. The van der Waals surface area contributed by atoms with Gasteiger partial charge in [0.25, 0.3) is 0 Å². The van der Waals surface area contributed by atoms with Crippen molar-refractivity contribution in [2.45, 2.75) is 13.5 Å². The van der Waals surface area contributed by atoms with Crippen LogP contribution in [0.25, 0.3) is 21.0 Å². The molecule has 0 saturated carbocycles. The van der Waals surface area contributed by atoms with Gasteiger partial charge < -0.3 is 15.5 Å². The number of thiazole rings is 1. The van der Waals surface area contributed by atoms with Gasteiger partial charge in [0.1, 0.15) is 12.3 Å². The Kier molecular flexibility index (Phi) is 6.12. The number of hydrogen-bond donors (Lipinski definition) is 2. The summed E-state index contributed by atoms with van der Waals surface area (Å²) >= 11 is 1.61. The lowest BCUT2D eigenvalue weighted by Gasteiger charge is -2.05. The summed E-state index contributed by atoms with van der Waals surface area (Å²) in [4.78, 5) is 8.95. The van der Waals surface area contributed by atoms with Crippen molar-refractivity contribution in [2.24, 2.45) is 10.7 Å². The molecule has 4 aromatic rings. The Morgan fingerprint density at radius 1 is 1.15 bits per heavy atom. The number of nitrogens with two attached hydrogens (primary N) is 1. The van der Waals surface area contributed by atoms with Crippen molar-refractivity contribution in [1.82, 2.24) is 4.98 Å². The van der Waals surface area contributed by atoms with Gasteiger partial charge in [0, 0.05) is 5.69 Å². The molecule has 0 bridgehead atoms. The monoisotopic (exact) mass is 490 g/mol. The molecule has 4 rings (SSSR count). The molecule has 0 saturated heterocycles. The molecule has 2 aromatic heterocycles. The van der Waals surface area contributed by atoms with Crippen molar-refractivity contribution in [3.63, 3.8) is 0 Å². The van der Waals surface area contributed by atoms with E-state index in [0.29, 0.717) is 12.5 Å². The van der Waals surface area contributed by atoms with Crippen LogP contribution in [-0.4, -0.2) is 10.9 Å². The number of para-hydroxylation sites is 1. The topological polar surface area (TPSA) is 76.4 Å². The number of hydrogen-bond acceptors (Lipinski definition) is 4. The number of furan rings is 1. The van der Waals surface area contributed by atoms with Crippen molar-refractivity contribution >= 4 is 57.2 Å². The van der Waals surface area contributed by atoms with Gasteiger partial charge in [-0.25, -0.2) is 9.98 Å². The van der Waals surface area contributed by atoms with Crippen LogP contribution in [0.2, 0.25) is 0 Å². The number of aliphatic imine (C=N–C) groups is 1. The lowest BCUT2D eigenvalue weighted by atomic mass is 10.2. The number of nitrogens with zero attached hydrogens (tertiary/aromatic N) is 2. The van der Waals surface area contributed by atoms with Gasteiger partial charge in [-0.15, -0.1) is 35.3 Å². The molecule has 0 fully saturated rings. The summed E-state index contributed by atoms with van der Waals surface area (Å²) in [5.41, 5.74) is 9.02. The summed E-state index contributed by atoms with van der Waals surface area (Å²) in [7, 11) is 0. The van der Waals surface area contributed by atoms with Crippen molar-refractivity contribution < 1.29 is 4.42 Å². The highest BCUT2D eigenvalue weighted by Crippen LogP contribution is 2.31. The van der Waals surface area contributed by atoms with Crippen LogP contribution in [0.3, 0.4) is 0 Å². The Bertz CT molecular complexity index is 1050. The molecule has 0 unspecified atom stereocenters. The first-order valence-electron chi connectivity index (χ1n) is 8.26. The van der Waals surface area contributed by atoms with Gasteiger partial charge in [0.15, 0.2) is 16.7 Å². The number of rotatable bonds is 4. The maximum Gasteiger partial charge on any atom is 0.193 e. The van der Waals surface area contributed by atoms with E-state index >= 15 is 0 Å². The quantitative estimate of drug-likeness (QED) is 0.228. The number of aromatic nitrogens is 1. The lowest BCUT2D eigenvalue weighted by molar-refractivity contribution is 0.525. The molecule has 27 heavy (non-hydrogen) atoms. The summed E-state index contributed by atoms with van der Waals surface area (Å²) in [5, 5.41) is 3.95. The van der Waals surface area contributed by atoms with E-state index in [1.165, 1.54) is 0 Å². The molecule has 0 radical (unpaired) electrons. The van der Waals surface area contributed by atoms with Crippen LogP contribution < -0.4 is 11.1 Å². The Hall–Kier alpha value is -2.39. The smallest absolute Gasteiger partial charge is 0.193 e. The number of halogens is 1. The van der Waals surface area contributed by atoms with Crippen molar-refractivity contribution in [1.29, 1.82) is 0 Å². The maximum absolute atomic E-state index is 5.96. The molecular formula is C20H19IN4OS. The first-order valence-corrected chi connectivity index (χ1v) is 9.07. The third-order valence-electron chi connectivity index (χ3n) is 3.86. The van der Waals surface area contributed by atoms with E-state index in [9.17, 15) is 0 Å². The second kappa shape index (κ2) is 8.53. The molecule has 2 aromatic carbocycles. The van der Waals surface area contributed by atoms with Gasteiger partial charge in [-0.05, 0) is 48.9 Å². The second-order valence-electron chi connectivity index (χ2n) is 5.95. The van der Waals surface area contributed by atoms with E-state index in [-0.39, 0.29) is 24.0 Å². The Balaban J connectivity index is 0.00000210. The molecule has 0 atom stereocenters. The number of fused-ring (bicyclic) bond motifs is 1. The second-order valence-corrected chi connectivity index (χ2v) is 6.98. The van der Waals surface area contributed by atoms with E-state index in [0.717, 1.165) is 38.0 Å². The summed E-state index contributed by atoms with van der Waals surface area (Å²) in [6.45, 7) is 2.40. The highest BCUT2D eigenvalue weighted by atomic mass is 127. The van der Waals surface area contributed by atoms with Crippen LogP contribution in [0.15, 0.2) is 70.1 Å². The molecule has 138 valence electrons. The highest BCUT2D eigenvalue weighted by Gasteiger charge is 2.10. The van der Waals surface area contributed by atoms with E-state index in [1.54, 1.807) is 11.3 Å². The van der Waals surface area contributed by atoms with Gasteiger partial charge >= 0.3 is 0 Å². The molecule has 5 nitrogen and oxygen atoms in total. The van der Waals surface area contributed by atoms with Crippen LogP contribution in [0.1, 0.15) is 11.3 Å². The Morgan fingerprint density at radius 2 is 2.00 bits per heavy atom. The van der Waals surface area contributed by atoms with Crippen LogP contribution in [-0.2, 0) is 6.54 Å². The summed E-state index contributed by atoms with van der Waals surface area (Å²) in [6, 6.07) is 19.9. The molecule has 0 spiro atoms. The summed E-state index contributed by atoms with van der Waals surface area (Å²) in [6.07, 6.45) is 0. The van der Waals surface area contributed by atoms with E-state index in [2.05, 4.69) is 21.4 Å². The predicted octanol–water partition coefficient (Wildman–Crippen LogP) is 5.41. The number of nitrogens with one attached hydrogen (secondary N) is 1. The standard InChI is InChI=1S/C20H18N4OS.HI/c1-13-5-4-6-14(11-13)23-20(21)22-12-15-9-10-17(25-15)19-24-16-7-2-3-8-18(16)26-19;/h2-11H,12H2,1H3,(H3,21,22,23);1H. The highest BCUT2D eigenvalue weighted by molar-refractivity contribution is 14.0. The summed E-state index contributed by atoms with van der Waals surface area (Å²) < 4.78 is 7.02. The van der Waals surface area contributed by atoms with E-state index in [1.807, 2.05) is 61.5 Å². The normalized spacial score (nSPS) is 11.4. The minimum atomic E-state index is 0. The van der Waals surface area contributed by atoms with Gasteiger partial charge in [0.2, 0.25) is 0 Å². The van der Waals surface area contributed by atoms with Crippen LogP contribution in [0.4, 0.5) is 5.69 Å². The molecule has 7 heteroatoms. The van der Waals surface area contributed by atoms with Crippen LogP contribution in [0, 0.1) is 6.92 Å². The number of aryl methyl sites for hydroxylation is 1. The first-order chi connectivity index (χ1) is 12.7. The fraction of sp³-hybridized carbons (Fsp3) is 0.100. The number of guanidine groups is 1. The average Bonchev–Trinajstić information content (AvgIpc) is 3.26. The molecule has 0 aliphatic heterocycles. The minimum Gasteiger partial charge on any atom is -0.457 e. The number of anilines is 1. The molecule has 0 aliphatic rings. The minimum absolute atomic E-state index is 0. The zero-order valence-electron chi connectivity index (χ0n) is 14.7. The predicted molar refractivity (Wildman–Crippen MR) is 123 cm³/mol. The fourth-order valence-electron chi connectivity index (χ4n) is 2.63. The first kappa shape index (κ1) is 19.4. The Morgan fingerprint density at radius 3 is 2.81 bits per heavy atom. The largest absolute Gasteiger partial charge is 0.457 e. The summed E-state index contributed by atoms with van der Waals surface area (Å²) in [5.74, 6) is 1.85. The Labute approximate surface area is 178 Å². The van der Waals surface area contributed by atoms with Crippen LogP contribution in [0.5, 0.6) is 0 Å². The fourth-order valence-corrected chi connectivity index (χ4v) is 3.56. The van der Waals surface area contributed by atoms with E-state index < -0.39 is 0 Å². The molecule has 0 amide bonds. The average molecular weight is 490 g/mol. The van der Waals surface area contributed by atoms with E-state index in [4.69, 9.17) is 10.2 Å². The van der Waals surface area contributed by atoms with Gasteiger partial charge in [-0.3, -0.25) is 0 Å². The van der Waals surface area contributed by atoms with Crippen molar-refractivity contribution in [3.8, 4) is 10.8 Å². The van der Waals surface area contributed by atoms with Gasteiger partial charge in [0.05, 0.1) is 10.2 Å². The van der Waals surface area contributed by atoms with Crippen LogP contribution >= 0.6 is 35.3 Å².